The maximum Gasteiger partial charge on any atom is 0.250 e. The molecule has 0 atom stereocenters. The molecule has 1 amide bonds. The number of rotatable bonds is 5. The van der Waals surface area contributed by atoms with Gasteiger partial charge in [-0.05, 0) is 43.7 Å². The molecule has 1 aliphatic carbocycles. The van der Waals surface area contributed by atoms with Gasteiger partial charge < -0.3 is 15.2 Å². The molecule has 2 rings (SSSR count). The molecular weight excluding hydrogens is 278 g/mol. The number of hydrogen-bond acceptors (Lipinski definition) is 3. The zero-order chi connectivity index (χ0) is 14.4. The van der Waals surface area contributed by atoms with Gasteiger partial charge in [-0.1, -0.05) is 23.7 Å². The van der Waals surface area contributed by atoms with Crippen LogP contribution in [-0.2, 0) is 9.53 Å². The standard InChI is InChI=1S/C15H20ClNO3/c16-13-3-1-2-4-14(13)17-15(19)10-20-12-7-5-11(9-18)6-8-12/h1-4,11-12,18H,5-10H2,(H,17,19). The lowest BCUT2D eigenvalue weighted by Crippen LogP contribution is -2.27. The topological polar surface area (TPSA) is 58.6 Å². The molecule has 20 heavy (non-hydrogen) atoms. The van der Waals surface area contributed by atoms with Crippen molar-refractivity contribution in [2.24, 2.45) is 5.92 Å². The molecule has 1 aromatic rings. The van der Waals surface area contributed by atoms with Crippen LogP contribution in [-0.4, -0.2) is 30.3 Å². The van der Waals surface area contributed by atoms with Gasteiger partial charge in [0.1, 0.15) is 6.61 Å². The van der Waals surface area contributed by atoms with Crippen molar-refractivity contribution < 1.29 is 14.6 Å². The summed E-state index contributed by atoms with van der Waals surface area (Å²) in [7, 11) is 0. The second-order valence-electron chi connectivity index (χ2n) is 5.16. The molecule has 110 valence electrons. The number of halogens is 1. The second kappa shape index (κ2) is 7.62. The summed E-state index contributed by atoms with van der Waals surface area (Å²) in [5.41, 5.74) is 0.603. The first-order valence-corrected chi connectivity index (χ1v) is 7.33. The molecule has 2 N–H and O–H groups in total. The van der Waals surface area contributed by atoms with Crippen LogP contribution in [0, 0.1) is 5.92 Å². The van der Waals surface area contributed by atoms with Crippen molar-refractivity contribution in [1.82, 2.24) is 0 Å². The molecule has 0 aromatic heterocycles. The molecule has 0 bridgehead atoms. The number of nitrogens with one attached hydrogen (secondary N) is 1. The molecule has 0 radical (unpaired) electrons. The number of carbonyl (C=O) groups excluding carboxylic acids is 1. The lowest BCUT2D eigenvalue weighted by Gasteiger charge is -2.27. The van der Waals surface area contributed by atoms with Crippen molar-refractivity contribution in [3.8, 4) is 0 Å². The van der Waals surface area contributed by atoms with Crippen molar-refractivity contribution in [3.05, 3.63) is 29.3 Å². The Kier molecular flexibility index (Phi) is 5.83. The fraction of sp³-hybridized carbons (Fsp3) is 0.533. The van der Waals surface area contributed by atoms with E-state index in [9.17, 15) is 4.79 Å². The molecular formula is C15H20ClNO3. The summed E-state index contributed by atoms with van der Waals surface area (Å²) in [5.74, 6) is 0.203. The maximum atomic E-state index is 11.8. The summed E-state index contributed by atoms with van der Waals surface area (Å²) in [4.78, 5) is 11.8. The first kappa shape index (κ1) is 15.3. The third-order valence-electron chi connectivity index (χ3n) is 3.65. The van der Waals surface area contributed by atoms with Crippen LogP contribution in [0.25, 0.3) is 0 Å². The average Bonchev–Trinajstić information content (AvgIpc) is 2.48. The smallest absolute Gasteiger partial charge is 0.250 e. The van der Waals surface area contributed by atoms with E-state index in [-0.39, 0.29) is 25.2 Å². The molecule has 0 heterocycles. The number of benzene rings is 1. The lowest BCUT2D eigenvalue weighted by molar-refractivity contribution is -0.123. The Hall–Kier alpha value is -1.10. The number of aliphatic hydroxyl groups excluding tert-OH is 1. The van der Waals surface area contributed by atoms with E-state index < -0.39 is 0 Å². The summed E-state index contributed by atoms with van der Waals surface area (Å²) in [6, 6.07) is 7.12. The Morgan fingerprint density at radius 3 is 2.65 bits per heavy atom. The fourth-order valence-electron chi connectivity index (χ4n) is 2.42. The quantitative estimate of drug-likeness (QED) is 0.878. The van der Waals surface area contributed by atoms with Gasteiger partial charge in [-0.3, -0.25) is 4.79 Å². The van der Waals surface area contributed by atoms with Gasteiger partial charge in [-0.15, -0.1) is 0 Å². The van der Waals surface area contributed by atoms with Gasteiger partial charge in [-0.2, -0.15) is 0 Å². The molecule has 1 aliphatic rings. The number of carbonyl (C=O) groups is 1. The normalized spacial score (nSPS) is 22.5. The van der Waals surface area contributed by atoms with Crippen LogP contribution in [0.2, 0.25) is 5.02 Å². The minimum Gasteiger partial charge on any atom is -0.396 e. The number of hydrogen-bond donors (Lipinski definition) is 2. The van der Waals surface area contributed by atoms with E-state index in [1.807, 2.05) is 12.1 Å². The predicted molar refractivity (Wildman–Crippen MR) is 78.9 cm³/mol. The van der Waals surface area contributed by atoms with Crippen LogP contribution in [0.15, 0.2) is 24.3 Å². The van der Waals surface area contributed by atoms with E-state index in [0.717, 1.165) is 25.7 Å². The molecule has 1 saturated carbocycles. The Morgan fingerprint density at radius 1 is 1.30 bits per heavy atom. The van der Waals surface area contributed by atoms with Gasteiger partial charge in [0.15, 0.2) is 0 Å². The van der Waals surface area contributed by atoms with Crippen molar-refractivity contribution in [2.45, 2.75) is 31.8 Å². The van der Waals surface area contributed by atoms with Gasteiger partial charge in [0.05, 0.1) is 16.8 Å². The number of para-hydroxylation sites is 1. The highest BCUT2D eigenvalue weighted by Crippen LogP contribution is 2.26. The minimum absolute atomic E-state index is 0.0414. The van der Waals surface area contributed by atoms with Crippen molar-refractivity contribution in [1.29, 1.82) is 0 Å². The summed E-state index contributed by atoms with van der Waals surface area (Å²) in [6.45, 7) is 0.291. The Labute approximate surface area is 124 Å². The number of anilines is 1. The highest BCUT2D eigenvalue weighted by Gasteiger charge is 2.21. The average molecular weight is 298 g/mol. The third-order valence-corrected chi connectivity index (χ3v) is 3.98. The number of amides is 1. The van der Waals surface area contributed by atoms with Gasteiger partial charge in [0.2, 0.25) is 5.91 Å². The number of ether oxygens (including phenoxy) is 1. The molecule has 0 unspecified atom stereocenters. The molecule has 4 nitrogen and oxygen atoms in total. The fourth-order valence-corrected chi connectivity index (χ4v) is 2.61. The van der Waals surface area contributed by atoms with Gasteiger partial charge in [-0.25, -0.2) is 0 Å². The summed E-state index contributed by atoms with van der Waals surface area (Å²) < 4.78 is 5.61. The summed E-state index contributed by atoms with van der Waals surface area (Å²) in [5, 5.41) is 12.3. The third kappa shape index (κ3) is 4.47. The van der Waals surface area contributed by atoms with E-state index in [1.54, 1.807) is 12.1 Å². The molecule has 1 aromatic carbocycles. The molecule has 1 fully saturated rings. The predicted octanol–water partition coefficient (Wildman–Crippen LogP) is 2.85. The Bertz CT molecular complexity index is 444. The van der Waals surface area contributed by atoms with Gasteiger partial charge in [0, 0.05) is 6.61 Å². The molecule has 0 aliphatic heterocycles. The highest BCUT2D eigenvalue weighted by atomic mass is 35.5. The molecule has 0 spiro atoms. The lowest BCUT2D eigenvalue weighted by atomic mass is 9.88. The van der Waals surface area contributed by atoms with Gasteiger partial charge in [0.25, 0.3) is 0 Å². The molecule has 5 heteroatoms. The van der Waals surface area contributed by atoms with E-state index in [2.05, 4.69) is 5.32 Å². The van der Waals surface area contributed by atoms with Crippen LogP contribution >= 0.6 is 11.6 Å². The van der Waals surface area contributed by atoms with Crippen LogP contribution < -0.4 is 5.32 Å². The van der Waals surface area contributed by atoms with Crippen LogP contribution in [0.5, 0.6) is 0 Å². The summed E-state index contributed by atoms with van der Waals surface area (Å²) in [6.07, 6.45) is 3.87. The van der Waals surface area contributed by atoms with Gasteiger partial charge >= 0.3 is 0 Å². The number of aliphatic hydroxyl groups is 1. The van der Waals surface area contributed by atoms with E-state index in [0.29, 0.717) is 16.6 Å². The SMILES string of the molecule is O=C(COC1CCC(CO)CC1)Nc1ccccc1Cl. The zero-order valence-electron chi connectivity index (χ0n) is 11.3. The van der Waals surface area contributed by atoms with Crippen LogP contribution in [0.4, 0.5) is 5.69 Å². The van der Waals surface area contributed by atoms with Crippen LogP contribution in [0.1, 0.15) is 25.7 Å². The first-order valence-electron chi connectivity index (χ1n) is 6.96. The zero-order valence-corrected chi connectivity index (χ0v) is 12.1. The van der Waals surface area contributed by atoms with Crippen LogP contribution in [0.3, 0.4) is 0 Å². The summed E-state index contributed by atoms with van der Waals surface area (Å²) >= 11 is 5.97. The minimum atomic E-state index is -0.192. The van der Waals surface area contributed by atoms with E-state index in [1.165, 1.54) is 0 Å². The Morgan fingerprint density at radius 2 is 2.00 bits per heavy atom. The van der Waals surface area contributed by atoms with E-state index >= 15 is 0 Å². The highest BCUT2D eigenvalue weighted by molar-refractivity contribution is 6.33. The Balaban J connectivity index is 1.72. The van der Waals surface area contributed by atoms with E-state index in [4.69, 9.17) is 21.4 Å². The van der Waals surface area contributed by atoms with Crippen molar-refractivity contribution in [3.63, 3.8) is 0 Å². The van der Waals surface area contributed by atoms with Crippen molar-refractivity contribution in [2.75, 3.05) is 18.5 Å². The van der Waals surface area contributed by atoms with Crippen molar-refractivity contribution >= 4 is 23.2 Å². The first-order chi connectivity index (χ1) is 9.69. The maximum absolute atomic E-state index is 11.8. The second-order valence-corrected chi connectivity index (χ2v) is 5.57. The monoisotopic (exact) mass is 297 g/mol. The molecule has 0 saturated heterocycles. The largest absolute Gasteiger partial charge is 0.396 e.